The summed E-state index contributed by atoms with van der Waals surface area (Å²) in [7, 11) is 0. The van der Waals surface area contributed by atoms with Crippen molar-refractivity contribution in [3.8, 4) is 0 Å². The minimum atomic E-state index is -1.05. The maximum Gasteiger partial charge on any atom is 0.330 e. The van der Waals surface area contributed by atoms with Gasteiger partial charge in [0.1, 0.15) is 6.10 Å². The molecule has 0 amide bonds. The Balaban J connectivity index is 2.28. The third-order valence-corrected chi connectivity index (χ3v) is 6.29. The first kappa shape index (κ1) is 30.3. The Labute approximate surface area is 203 Å². The molecule has 1 unspecified atom stereocenters. The average molecular weight is 485 g/mol. The summed E-state index contributed by atoms with van der Waals surface area (Å²) in [6.45, 7) is 6.05. The third-order valence-electron chi connectivity index (χ3n) is 6.29. The predicted octanol–water partition coefficient (Wildman–Crippen LogP) is 3.38. The molecule has 1 rings (SSSR count). The minimum Gasteiger partial charge on any atom is -0.481 e. The summed E-state index contributed by atoms with van der Waals surface area (Å²) in [5, 5.41) is 39.1. The van der Waals surface area contributed by atoms with Crippen LogP contribution in [0, 0.1) is 11.8 Å². The van der Waals surface area contributed by atoms with Crippen LogP contribution in [-0.4, -0.2) is 70.0 Å². The predicted molar refractivity (Wildman–Crippen MR) is 129 cm³/mol. The lowest BCUT2D eigenvalue weighted by molar-refractivity contribution is -0.162. The number of carboxylic acids is 1. The van der Waals surface area contributed by atoms with E-state index in [1.54, 1.807) is 13.8 Å². The highest BCUT2D eigenvalue weighted by Crippen LogP contribution is 2.27. The van der Waals surface area contributed by atoms with Crippen LogP contribution in [-0.2, 0) is 19.1 Å². The van der Waals surface area contributed by atoms with E-state index in [9.17, 15) is 24.9 Å². The molecule has 0 aliphatic carbocycles. The highest BCUT2D eigenvalue weighted by molar-refractivity contribution is 5.82. The first-order chi connectivity index (χ1) is 16.1. The Morgan fingerprint density at radius 2 is 1.71 bits per heavy atom. The number of hydrogen-bond acceptors (Lipinski definition) is 7. The zero-order chi connectivity index (χ0) is 25.5. The van der Waals surface area contributed by atoms with Crippen LogP contribution < -0.4 is 0 Å². The van der Waals surface area contributed by atoms with Gasteiger partial charge in [0.15, 0.2) is 0 Å². The minimum absolute atomic E-state index is 0.0160. The lowest BCUT2D eigenvalue weighted by Crippen LogP contribution is -2.50. The number of allylic oxidation sites excluding steroid dienone is 1. The summed E-state index contributed by atoms with van der Waals surface area (Å²) in [5.41, 5.74) is 0.712. The Bertz CT molecular complexity index is 657. The van der Waals surface area contributed by atoms with Gasteiger partial charge in [-0.15, -0.1) is 0 Å². The van der Waals surface area contributed by atoms with Crippen LogP contribution in [0.15, 0.2) is 23.8 Å². The molecule has 1 aliphatic heterocycles. The van der Waals surface area contributed by atoms with E-state index >= 15 is 0 Å². The lowest BCUT2D eigenvalue weighted by Gasteiger charge is -2.37. The van der Waals surface area contributed by atoms with Gasteiger partial charge in [0.25, 0.3) is 0 Å². The maximum atomic E-state index is 12.0. The Kier molecular flexibility index (Phi) is 15.0. The van der Waals surface area contributed by atoms with E-state index in [0.29, 0.717) is 38.0 Å². The number of ether oxygens (including phenoxy) is 2. The molecular formula is C26H44O8. The van der Waals surface area contributed by atoms with Crippen molar-refractivity contribution in [2.24, 2.45) is 11.8 Å². The monoisotopic (exact) mass is 484 g/mol. The number of aliphatic hydroxyl groups excluding tert-OH is 3. The van der Waals surface area contributed by atoms with E-state index < -0.39 is 36.4 Å². The van der Waals surface area contributed by atoms with Crippen molar-refractivity contribution >= 4 is 11.9 Å². The second-order valence-electron chi connectivity index (χ2n) is 9.50. The van der Waals surface area contributed by atoms with E-state index in [1.807, 2.05) is 19.1 Å². The lowest BCUT2D eigenvalue weighted by atomic mass is 9.87. The number of aliphatic hydroxyl groups is 3. The van der Waals surface area contributed by atoms with Crippen molar-refractivity contribution in [3.05, 3.63) is 23.8 Å². The molecule has 8 nitrogen and oxygen atoms in total. The molecule has 1 heterocycles. The first-order valence-corrected chi connectivity index (χ1v) is 12.5. The van der Waals surface area contributed by atoms with Crippen LogP contribution >= 0.6 is 0 Å². The number of rotatable bonds is 16. The van der Waals surface area contributed by atoms with Crippen LogP contribution in [0.3, 0.4) is 0 Å². The zero-order valence-corrected chi connectivity index (χ0v) is 20.9. The molecule has 6 atom stereocenters. The fraction of sp³-hybridized carbons (Fsp3) is 0.769. The molecule has 1 fully saturated rings. The molecule has 0 aromatic heterocycles. The summed E-state index contributed by atoms with van der Waals surface area (Å²) in [5.74, 6) is -1.40. The normalized spacial score (nSPS) is 25.3. The van der Waals surface area contributed by atoms with Crippen molar-refractivity contribution in [1.29, 1.82) is 0 Å². The quantitative estimate of drug-likeness (QED) is 0.113. The van der Waals surface area contributed by atoms with Crippen LogP contribution in [0.2, 0.25) is 0 Å². The van der Waals surface area contributed by atoms with Gasteiger partial charge in [0.2, 0.25) is 0 Å². The molecule has 0 saturated carbocycles. The van der Waals surface area contributed by atoms with E-state index in [1.165, 1.54) is 6.08 Å². The summed E-state index contributed by atoms with van der Waals surface area (Å²) >= 11 is 0. The molecule has 0 spiro atoms. The van der Waals surface area contributed by atoms with Crippen molar-refractivity contribution in [1.82, 2.24) is 0 Å². The number of unbranched alkanes of at least 4 members (excludes halogenated alkanes) is 5. The number of carboxylic acid groups (broad SMARTS) is 1. The van der Waals surface area contributed by atoms with Crippen LogP contribution in [0.4, 0.5) is 0 Å². The van der Waals surface area contributed by atoms with Crippen LogP contribution in [0.1, 0.15) is 78.6 Å². The van der Waals surface area contributed by atoms with Crippen molar-refractivity contribution < 1.29 is 39.5 Å². The third kappa shape index (κ3) is 12.6. The molecule has 1 aliphatic rings. The van der Waals surface area contributed by atoms with E-state index in [-0.39, 0.29) is 18.3 Å². The van der Waals surface area contributed by atoms with Gasteiger partial charge in [-0.25, -0.2) is 4.79 Å². The standard InChI is InChI=1S/C26H44O8/c1-18(16-24(30)33-14-9-7-5-4-6-8-13-23(28)29)15-22-26(32)25(31)21(17-34-22)12-10-11-19(2)20(3)27/h10-11,16,19-22,25-27,31-32H,4-9,12-15,17H2,1-3H3,(H,28,29)/b11-10+,18-16+/t19?,20-,21+,22+,25+,26-/m0/s1. The van der Waals surface area contributed by atoms with Crippen molar-refractivity contribution in [2.45, 2.75) is 103 Å². The summed E-state index contributed by atoms with van der Waals surface area (Å²) < 4.78 is 11.0. The Morgan fingerprint density at radius 3 is 2.35 bits per heavy atom. The van der Waals surface area contributed by atoms with Crippen LogP contribution in [0.5, 0.6) is 0 Å². The maximum absolute atomic E-state index is 12.0. The zero-order valence-electron chi connectivity index (χ0n) is 20.9. The Morgan fingerprint density at radius 1 is 1.06 bits per heavy atom. The molecule has 0 bridgehead atoms. The fourth-order valence-electron chi connectivity index (χ4n) is 3.84. The molecule has 0 aromatic carbocycles. The fourth-order valence-corrected chi connectivity index (χ4v) is 3.84. The van der Waals surface area contributed by atoms with Crippen molar-refractivity contribution in [2.75, 3.05) is 13.2 Å². The van der Waals surface area contributed by atoms with Gasteiger partial charge < -0.3 is 29.9 Å². The molecule has 196 valence electrons. The topological polar surface area (TPSA) is 134 Å². The largest absolute Gasteiger partial charge is 0.481 e. The van der Waals surface area contributed by atoms with Gasteiger partial charge in [-0.3, -0.25) is 4.79 Å². The number of carbonyl (C=O) groups excluding carboxylic acids is 1. The molecule has 8 heteroatoms. The number of hydrogen-bond donors (Lipinski definition) is 4. The molecule has 0 radical (unpaired) electrons. The molecule has 1 saturated heterocycles. The summed E-state index contributed by atoms with van der Waals surface area (Å²) in [6.07, 6.45) is 8.56. The van der Waals surface area contributed by atoms with Gasteiger partial charge in [0, 0.05) is 18.4 Å². The number of carbonyl (C=O) groups is 2. The second-order valence-corrected chi connectivity index (χ2v) is 9.50. The highest BCUT2D eigenvalue weighted by Gasteiger charge is 2.37. The van der Waals surface area contributed by atoms with E-state index in [4.69, 9.17) is 14.6 Å². The second kappa shape index (κ2) is 16.8. The van der Waals surface area contributed by atoms with Crippen LogP contribution in [0.25, 0.3) is 0 Å². The molecular weight excluding hydrogens is 440 g/mol. The summed E-state index contributed by atoms with van der Waals surface area (Å²) in [6, 6.07) is 0. The Hall–Kier alpha value is -1.74. The van der Waals surface area contributed by atoms with E-state index in [2.05, 4.69) is 0 Å². The highest BCUT2D eigenvalue weighted by atomic mass is 16.5. The summed E-state index contributed by atoms with van der Waals surface area (Å²) in [4.78, 5) is 22.5. The van der Waals surface area contributed by atoms with Gasteiger partial charge in [-0.1, -0.05) is 50.3 Å². The first-order valence-electron chi connectivity index (χ1n) is 12.5. The molecule has 0 aromatic rings. The number of aliphatic carboxylic acids is 1. The van der Waals surface area contributed by atoms with Gasteiger partial charge in [-0.05, 0) is 45.4 Å². The van der Waals surface area contributed by atoms with Gasteiger partial charge >= 0.3 is 11.9 Å². The van der Waals surface area contributed by atoms with E-state index in [0.717, 1.165) is 32.1 Å². The van der Waals surface area contributed by atoms with Gasteiger partial charge in [0.05, 0.1) is 31.5 Å². The van der Waals surface area contributed by atoms with Crippen molar-refractivity contribution in [3.63, 3.8) is 0 Å². The molecule has 4 N–H and O–H groups in total. The average Bonchev–Trinajstić information content (AvgIpc) is 2.76. The number of esters is 1. The molecule has 34 heavy (non-hydrogen) atoms. The SMILES string of the molecule is C/C(=C\C(=O)OCCCCCCCCC(=O)O)C[C@H]1OC[C@@H](C/C=C/C(C)[C@H](C)O)[C@@H](O)[C@H]1O. The smallest absolute Gasteiger partial charge is 0.330 e. The van der Waals surface area contributed by atoms with Gasteiger partial charge in [-0.2, -0.15) is 0 Å².